The van der Waals surface area contributed by atoms with Gasteiger partial charge < -0.3 is 10.5 Å². The van der Waals surface area contributed by atoms with Crippen LogP contribution in [0, 0.1) is 6.92 Å². The molecule has 0 aromatic carbocycles. The van der Waals surface area contributed by atoms with E-state index >= 15 is 0 Å². The lowest BCUT2D eigenvalue weighted by Gasteiger charge is -2.14. The van der Waals surface area contributed by atoms with Crippen LogP contribution in [-0.2, 0) is 22.5 Å². The Balaban J connectivity index is 3.18. The number of pyridine rings is 1. The van der Waals surface area contributed by atoms with Gasteiger partial charge in [0.15, 0.2) is 0 Å². The number of nitrogens with zero attached hydrogens (tertiary/aromatic N) is 1. The lowest BCUT2D eigenvalue weighted by atomic mass is 9.99. The quantitative estimate of drug-likeness (QED) is 0.819. The van der Waals surface area contributed by atoms with E-state index in [1.807, 2.05) is 0 Å². The van der Waals surface area contributed by atoms with E-state index < -0.39 is 12.4 Å². The first-order chi connectivity index (χ1) is 8.51. The Bertz CT molecular complexity index is 436. The van der Waals surface area contributed by atoms with Crippen molar-refractivity contribution < 1.29 is 18.3 Å². The lowest BCUT2D eigenvalue weighted by molar-refractivity contribution is -0.142. The van der Waals surface area contributed by atoms with Crippen LogP contribution in [0.5, 0.6) is 0 Å². The molecule has 0 aliphatic carbocycles. The molecule has 0 aliphatic rings. The number of alkyl halides is 2. The maximum atomic E-state index is 13.0. The highest BCUT2D eigenvalue weighted by atomic mass is 19.3. The van der Waals surface area contributed by atoms with Crippen molar-refractivity contribution in [3.8, 4) is 0 Å². The van der Waals surface area contributed by atoms with Crippen LogP contribution in [-0.4, -0.2) is 17.6 Å². The lowest BCUT2D eigenvalue weighted by Crippen LogP contribution is -2.15. The Morgan fingerprint density at radius 2 is 2.22 bits per heavy atom. The van der Waals surface area contributed by atoms with E-state index in [1.54, 1.807) is 13.8 Å². The third-order valence-electron chi connectivity index (χ3n) is 2.56. The molecule has 0 spiro atoms. The number of ether oxygens (including phenoxy) is 1. The van der Waals surface area contributed by atoms with Gasteiger partial charge in [-0.05, 0) is 25.0 Å². The van der Waals surface area contributed by atoms with Gasteiger partial charge in [0.2, 0.25) is 0 Å². The first kappa shape index (κ1) is 14.5. The SMILES string of the molecule is CCOC(=O)Cc1c(C)cnc(CN)c1C(F)F. The number of hydrogen-bond donors (Lipinski definition) is 1. The van der Waals surface area contributed by atoms with Gasteiger partial charge in [0.05, 0.1) is 18.7 Å². The number of nitrogens with two attached hydrogens (primary N) is 1. The van der Waals surface area contributed by atoms with Crippen LogP contribution < -0.4 is 5.73 Å². The minimum absolute atomic E-state index is 0.0875. The topological polar surface area (TPSA) is 65.2 Å². The number of halogens is 2. The predicted octanol–water partition coefficient (Wildman–Crippen LogP) is 1.89. The van der Waals surface area contributed by atoms with E-state index in [4.69, 9.17) is 10.5 Å². The van der Waals surface area contributed by atoms with Gasteiger partial charge in [-0.15, -0.1) is 0 Å². The maximum Gasteiger partial charge on any atom is 0.310 e. The zero-order chi connectivity index (χ0) is 13.7. The fraction of sp³-hybridized carbons (Fsp3) is 0.500. The summed E-state index contributed by atoms with van der Waals surface area (Å²) in [7, 11) is 0. The number of aromatic nitrogens is 1. The first-order valence-corrected chi connectivity index (χ1v) is 5.62. The zero-order valence-corrected chi connectivity index (χ0v) is 10.4. The monoisotopic (exact) mass is 258 g/mol. The summed E-state index contributed by atoms with van der Waals surface area (Å²) in [5, 5.41) is 0. The van der Waals surface area contributed by atoms with E-state index in [2.05, 4.69) is 4.98 Å². The number of esters is 1. The minimum atomic E-state index is -2.71. The second-order valence-electron chi connectivity index (χ2n) is 3.77. The summed E-state index contributed by atoms with van der Waals surface area (Å²) in [6.45, 7) is 3.43. The average molecular weight is 258 g/mol. The summed E-state index contributed by atoms with van der Waals surface area (Å²) in [6.07, 6.45) is -1.45. The molecule has 6 heteroatoms. The standard InChI is InChI=1S/C12H16F2N2O2/c1-3-18-10(17)4-8-7(2)6-16-9(5-15)11(8)12(13)14/h6,12H,3-5,15H2,1-2H3. The molecule has 1 aromatic rings. The summed E-state index contributed by atoms with van der Waals surface area (Å²) in [5.41, 5.74) is 6.06. The number of rotatable bonds is 5. The smallest absolute Gasteiger partial charge is 0.310 e. The third kappa shape index (κ3) is 3.22. The van der Waals surface area contributed by atoms with E-state index in [0.29, 0.717) is 5.56 Å². The summed E-state index contributed by atoms with van der Waals surface area (Å²) < 4.78 is 30.9. The summed E-state index contributed by atoms with van der Waals surface area (Å²) in [5.74, 6) is -0.531. The zero-order valence-electron chi connectivity index (χ0n) is 10.4. The van der Waals surface area contributed by atoms with Crippen LogP contribution >= 0.6 is 0 Å². The number of aryl methyl sites for hydroxylation is 1. The number of hydrogen-bond acceptors (Lipinski definition) is 4. The second-order valence-corrected chi connectivity index (χ2v) is 3.77. The largest absolute Gasteiger partial charge is 0.466 e. The van der Waals surface area contributed by atoms with Crippen molar-refractivity contribution in [3.63, 3.8) is 0 Å². The third-order valence-corrected chi connectivity index (χ3v) is 2.56. The van der Waals surface area contributed by atoms with E-state index in [-0.39, 0.29) is 36.4 Å². The van der Waals surface area contributed by atoms with Crippen molar-refractivity contribution in [1.82, 2.24) is 4.98 Å². The van der Waals surface area contributed by atoms with E-state index in [9.17, 15) is 13.6 Å². The Morgan fingerprint density at radius 1 is 1.56 bits per heavy atom. The van der Waals surface area contributed by atoms with Gasteiger partial charge in [-0.3, -0.25) is 9.78 Å². The molecule has 0 saturated heterocycles. The maximum absolute atomic E-state index is 13.0. The molecule has 0 unspecified atom stereocenters. The van der Waals surface area contributed by atoms with E-state index in [0.717, 1.165) is 0 Å². The molecule has 0 fully saturated rings. The molecular formula is C12H16F2N2O2. The van der Waals surface area contributed by atoms with Crippen molar-refractivity contribution in [2.24, 2.45) is 5.73 Å². The van der Waals surface area contributed by atoms with E-state index in [1.165, 1.54) is 6.20 Å². The van der Waals surface area contributed by atoms with Gasteiger partial charge in [-0.25, -0.2) is 8.78 Å². The minimum Gasteiger partial charge on any atom is -0.466 e. The van der Waals surface area contributed by atoms with Crippen LogP contribution in [0.4, 0.5) is 8.78 Å². The summed E-state index contributed by atoms with van der Waals surface area (Å²) in [4.78, 5) is 15.3. The molecule has 0 radical (unpaired) electrons. The second kappa shape index (κ2) is 6.39. The number of carbonyl (C=O) groups is 1. The molecule has 0 amide bonds. The number of carbonyl (C=O) groups excluding carboxylic acids is 1. The van der Waals surface area contributed by atoms with Crippen molar-refractivity contribution >= 4 is 5.97 Å². The van der Waals surface area contributed by atoms with Crippen LogP contribution in [0.2, 0.25) is 0 Å². The fourth-order valence-electron chi connectivity index (χ4n) is 1.72. The highest BCUT2D eigenvalue weighted by molar-refractivity contribution is 5.73. The highest BCUT2D eigenvalue weighted by Crippen LogP contribution is 2.28. The molecule has 4 nitrogen and oxygen atoms in total. The summed E-state index contributed by atoms with van der Waals surface area (Å²) >= 11 is 0. The fourth-order valence-corrected chi connectivity index (χ4v) is 1.72. The van der Waals surface area contributed by atoms with Gasteiger partial charge in [0.25, 0.3) is 6.43 Å². The molecular weight excluding hydrogens is 242 g/mol. The normalized spacial score (nSPS) is 10.8. The average Bonchev–Trinajstić information content (AvgIpc) is 2.31. The molecule has 2 N–H and O–H groups in total. The van der Waals surface area contributed by atoms with Gasteiger partial charge in [-0.1, -0.05) is 0 Å². The highest BCUT2D eigenvalue weighted by Gasteiger charge is 2.22. The van der Waals surface area contributed by atoms with Gasteiger partial charge in [0, 0.05) is 18.3 Å². The Hall–Kier alpha value is -1.56. The van der Waals surface area contributed by atoms with Gasteiger partial charge in [-0.2, -0.15) is 0 Å². The molecule has 0 saturated carbocycles. The van der Waals surface area contributed by atoms with Crippen LogP contribution in [0.1, 0.15) is 35.7 Å². The van der Waals surface area contributed by atoms with Crippen LogP contribution in [0.3, 0.4) is 0 Å². The van der Waals surface area contributed by atoms with Crippen LogP contribution in [0.15, 0.2) is 6.20 Å². The van der Waals surface area contributed by atoms with Crippen molar-refractivity contribution in [2.45, 2.75) is 33.2 Å². The van der Waals surface area contributed by atoms with Gasteiger partial charge in [0.1, 0.15) is 0 Å². The van der Waals surface area contributed by atoms with Crippen molar-refractivity contribution in [1.29, 1.82) is 0 Å². The first-order valence-electron chi connectivity index (χ1n) is 5.62. The molecule has 1 aromatic heterocycles. The van der Waals surface area contributed by atoms with Gasteiger partial charge >= 0.3 is 5.97 Å². The Morgan fingerprint density at radius 3 is 2.72 bits per heavy atom. The van der Waals surface area contributed by atoms with Crippen molar-refractivity contribution in [3.05, 3.63) is 28.6 Å². The summed E-state index contributed by atoms with van der Waals surface area (Å²) in [6, 6.07) is 0. The Labute approximate surface area is 104 Å². The van der Waals surface area contributed by atoms with Crippen molar-refractivity contribution in [2.75, 3.05) is 6.61 Å². The molecule has 18 heavy (non-hydrogen) atoms. The molecule has 0 bridgehead atoms. The predicted molar refractivity (Wildman–Crippen MR) is 62.2 cm³/mol. The van der Waals surface area contributed by atoms with Crippen LogP contribution in [0.25, 0.3) is 0 Å². The Kier molecular flexibility index (Phi) is 5.15. The molecule has 1 heterocycles. The molecule has 0 aliphatic heterocycles. The molecule has 100 valence electrons. The molecule has 0 atom stereocenters. The molecule has 1 rings (SSSR count).